The van der Waals surface area contributed by atoms with Gasteiger partial charge in [-0.3, -0.25) is 4.90 Å². The third-order valence-electron chi connectivity index (χ3n) is 5.58. The van der Waals surface area contributed by atoms with Crippen molar-refractivity contribution in [3.05, 3.63) is 36.8 Å². The first-order valence-electron chi connectivity index (χ1n) is 9.46. The van der Waals surface area contributed by atoms with Crippen LogP contribution in [0.4, 0.5) is 10.6 Å². The molecule has 0 aliphatic carbocycles. The summed E-state index contributed by atoms with van der Waals surface area (Å²) in [5, 5.41) is 4.93. The number of amides is 2. The van der Waals surface area contributed by atoms with E-state index in [9.17, 15) is 13.2 Å². The largest absolute Gasteiger partial charge is 0.472 e. The fourth-order valence-corrected chi connectivity index (χ4v) is 5.03. The Hall–Kier alpha value is -2.85. The van der Waals surface area contributed by atoms with Gasteiger partial charge < -0.3 is 13.8 Å². The zero-order valence-corrected chi connectivity index (χ0v) is 16.6. The van der Waals surface area contributed by atoms with Crippen LogP contribution < -0.4 is 9.62 Å². The second-order valence-corrected chi connectivity index (χ2v) is 9.39. The number of hydrogen-bond acceptors (Lipinski definition) is 6. The molecule has 2 saturated heterocycles. The molecule has 152 valence electrons. The summed E-state index contributed by atoms with van der Waals surface area (Å²) in [6, 6.07) is 6.95. The van der Waals surface area contributed by atoms with Crippen LogP contribution in [0, 0.1) is 0 Å². The first-order chi connectivity index (χ1) is 14.0. The van der Waals surface area contributed by atoms with Gasteiger partial charge in [-0.2, -0.15) is 0 Å². The summed E-state index contributed by atoms with van der Waals surface area (Å²) in [4.78, 5) is 16.4. The molecule has 2 amide bonds. The lowest BCUT2D eigenvalue weighted by Gasteiger charge is -2.18. The number of aromatic nitrogens is 1. The summed E-state index contributed by atoms with van der Waals surface area (Å²) in [6.07, 6.45) is 3.81. The van der Waals surface area contributed by atoms with E-state index in [2.05, 4.69) is 9.88 Å². The molecular formula is C19H20N4O5S. The summed E-state index contributed by atoms with van der Waals surface area (Å²) in [7, 11) is -3.31. The molecule has 3 aromatic rings. The predicted molar refractivity (Wildman–Crippen MR) is 106 cm³/mol. The molecule has 1 aromatic carbocycles. The van der Waals surface area contributed by atoms with Crippen LogP contribution in [-0.4, -0.2) is 55.4 Å². The molecule has 0 radical (unpaired) electrons. The molecule has 9 nitrogen and oxygen atoms in total. The second-order valence-electron chi connectivity index (χ2n) is 7.35. The van der Waals surface area contributed by atoms with E-state index in [1.807, 2.05) is 24.3 Å². The number of anilines is 1. The summed E-state index contributed by atoms with van der Waals surface area (Å²) in [5.41, 5.74) is 2.34. The van der Waals surface area contributed by atoms with Gasteiger partial charge in [0.15, 0.2) is 11.4 Å². The molecule has 5 rings (SSSR count). The highest BCUT2D eigenvalue weighted by atomic mass is 32.2. The number of furan rings is 1. The molecule has 2 fully saturated rings. The van der Waals surface area contributed by atoms with Crippen LogP contribution in [-0.2, 0) is 10.0 Å². The van der Waals surface area contributed by atoms with Crippen molar-refractivity contribution in [3.63, 3.8) is 0 Å². The van der Waals surface area contributed by atoms with Crippen molar-refractivity contribution in [1.82, 2.24) is 14.8 Å². The molecule has 2 aromatic heterocycles. The number of hydrogen-bond donors (Lipinski definition) is 1. The average Bonchev–Trinajstić information content (AvgIpc) is 3.47. The Morgan fingerprint density at radius 3 is 2.86 bits per heavy atom. The standard InChI is InChI=1S/C19H20N4O5S/c1-2-29(25,26)21-13-8-14-10-23(19(24)22(14)9-13)18-17-15(12-6-7-27-11-12)4-3-5-16(17)28-20-18/h3-7,11,13-14,21H,2,8-10H2,1H3/t13-,14-/m0/s1. The van der Waals surface area contributed by atoms with E-state index < -0.39 is 10.0 Å². The fourth-order valence-electron chi connectivity index (χ4n) is 4.19. The lowest BCUT2D eigenvalue weighted by molar-refractivity contribution is 0.218. The number of carbonyl (C=O) groups is 1. The number of nitrogens with one attached hydrogen (secondary N) is 1. The highest BCUT2D eigenvalue weighted by Gasteiger charge is 2.46. The lowest BCUT2D eigenvalue weighted by atomic mass is 10.0. The van der Waals surface area contributed by atoms with E-state index >= 15 is 0 Å². The molecule has 0 bridgehead atoms. The Morgan fingerprint density at radius 1 is 1.28 bits per heavy atom. The summed E-state index contributed by atoms with van der Waals surface area (Å²) >= 11 is 0. The summed E-state index contributed by atoms with van der Waals surface area (Å²) < 4.78 is 37.1. The van der Waals surface area contributed by atoms with Gasteiger partial charge in [0.25, 0.3) is 0 Å². The van der Waals surface area contributed by atoms with Crippen molar-refractivity contribution in [2.24, 2.45) is 0 Å². The minimum absolute atomic E-state index is 0.0238. The van der Waals surface area contributed by atoms with Gasteiger partial charge >= 0.3 is 6.03 Å². The van der Waals surface area contributed by atoms with Gasteiger partial charge in [-0.25, -0.2) is 17.9 Å². The number of rotatable bonds is 5. The number of benzene rings is 1. The minimum Gasteiger partial charge on any atom is -0.472 e. The van der Waals surface area contributed by atoms with Crippen molar-refractivity contribution >= 4 is 32.8 Å². The number of nitrogens with zero attached hydrogens (tertiary/aromatic N) is 3. The van der Waals surface area contributed by atoms with Crippen molar-refractivity contribution in [2.75, 3.05) is 23.7 Å². The SMILES string of the molecule is CCS(=O)(=O)N[C@H]1C[C@H]2CN(c3noc4cccc(-c5ccoc5)c34)C(=O)N2C1. The molecule has 0 saturated carbocycles. The highest BCUT2D eigenvalue weighted by molar-refractivity contribution is 7.89. The van der Waals surface area contributed by atoms with Crippen LogP contribution in [0.5, 0.6) is 0 Å². The van der Waals surface area contributed by atoms with Crippen LogP contribution >= 0.6 is 0 Å². The molecule has 0 spiro atoms. The average molecular weight is 416 g/mol. The van der Waals surface area contributed by atoms with E-state index in [4.69, 9.17) is 8.94 Å². The van der Waals surface area contributed by atoms with Crippen LogP contribution in [0.15, 0.2) is 45.7 Å². The fraction of sp³-hybridized carbons (Fsp3) is 0.368. The Bertz CT molecular complexity index is 1170. The molecule has 1 N–H and O–H groups in total. The van der Waals surface area contributed by atoms with Crippen molar-refractivity contribution in [3.8, 4) is 11.1 Å². The molecule has 29 heavy (non-hydrogen) atoms. The lowest BCUT2D eigenvalue weighted by Crippen LogP contribution is -2.41. The van der Waals surface area contributed by atoms with Gasteiger partial charge in [-0.15, -0.1) is 0 Å². The van der Waals surface area contributed by atoms with Crippen LogP contribution in [0.1, 0.15) is 13.3 Å². The van der Waals surface area contributed by atoms with Gasteiger partial charge in [0.1, 0.15) is 0 Å². The number of urea groups is 1. The van der Waals surface area contributed by atoms with Gasteiger partial charge in [-0.1, -0.05) is 17.3 Å². The van der Waals surface area contributed by atoms with Gasteiger partial charge in [0.2, 0.25) is 10.0 Å². The van der Waals surface area contributed by atoms with Crippen LogP contribution in [0.2, 0.25) is 0 Å². The third-order valence-corrected chi connectivity index (χ3v) is 7.03. The highest BCUT2D eigenvalue weighted by Crippen LogP contribution is 2.39. The summed E-state index contributed by atoms with van der Waals surface area (Å²) in [5.74, 6) is 0.498. The predicted octanol–water partition coefficient (Wildman–Crippen LogP) is 2.41. The zero-order valence-electron chi connectivity index (χ0n) is 15.7. The van der Waals surface area contributed by atoms with Crippen molar-refractivity contribution in [2.45, 2.75) is 25.4 Å². The van der Waals surface area contributed by atoms with E-state index in [1.54, 1.807) is 29.2 Å². The quantitative estimate of drug-likeness (QED) is 0.684. The van der Waals surface area contributed by atoms with Gasteiger partial charge in [0.05, 0.1) is 29.7 Å². The maximum atomic E-state index is 13.1. The van der Waals surface area contributed by atoms with Crippen LogP contribution in [0.25, 0.3) is 22.1 Å². The van der Waals surface area contributed by atoms with E-state index in [-0.39, 0.29) is 23.9 Å². The normalized spacial score (nSPS) is 22.0. The maximum Gasteiger partial charge on any atom is 0.326 e. The Morgan fingerprint density at radius 2 is 2.14 bits per heavy atom. The molecule has 2 aliphatic heterocycles. The molecule has 4 heterocycles. The van der Waals surface area contributed by atoms with E-state index in [0.717, 1.165) is 16.5 Å². The second kappa shape index (κ2) is 6.60. The molecular weight excluding hydrogens is 396 g/mol. The molecule has 2 aliphatic rings. The molecule has 0 unspecified atom stereocenters. The van der Waals surface area contributed by atoms with Crippen molar-refractivity contribution in [1.29, 1.82) is 0 Å². The smallest absolute Gasteiger partial charge is 0.326 e. The first kappa shape index (κ1) is 18.2. The molecule has 2 atom stereocenters. The monoisotopic (exact) mass is 416 g/mol. The zero-order chi connectivity index (χ0) is 20.2. The summed E-state index contributed by atoms with van der Waals surface area (Å²) in [6.45, 7) is 2.38. The number of sulfonamides is 1. The first-order valence-corrected chi connectivity index (χ1v) is 11.1. The van der Waals surface area contributed by atoms with Gasteiger partial charge in [0, 0.05) is 24.7 Å². The topological polar surface area (TPSA) is 109 Å². The molecule has 10 heteroatoms. The number of fused-ring (bicyclic) bond motifs is 2. The third kappa shape index (κ3) is 2.99. The van der Waals surface area contributed by atoms with Gasteiger partial charge in [-0.05, 0) is 31.0 Å². The van der Waals surface area contributed by atoms with Crippen molar-refractivity contribution < 1.29 is 22.2 Å². The Balaban J connectivity index is 1.45. The van der Waals surface area contributed by atoms with Crippen LogP contribution in [0.3, 0.4) is 0 Å². The Labute approximate surface area is 167 Å². The minimum atomic E-state index is -3.31. The maximum absolute atomic E-state index is 13.1. The number of carbonyl (C=O) groups excluding carboxylic acids is 1. The van der Waals surface area contributed by atoms with E-state index in [1.165, 1.54) is 0 Å². The van der Waals surface area contributed by atoms with E-state index in [0.29, 0.717) is 30.9 Å². The Kier molecular flexibility index (Phi) is 4.14.